The van der Waals surface area contributed by atoms with E-state index in [1.165, 1.54) is 16.8 Å². The maximum Gasteiger partial charge on any atom is 0.161 e. The van der Waals surface area contributed by atoms with Crippen molar-refractivity contribution in [2.24, 2.45) is 0 Å². The van der Waals surface area contributed by atoms with Crippen LogP contribution in [0.3, 0.4) is 0 Å². The number of nitrogens with zero attached hydrogens (tertiary/aromatic N) is 2. The van der Waals surface area contributed by atoms with Crippen LogP contribution in [0.5, 0.6) is 0 Å². The van der Waals surface area contributed by atoms with Crippen molar-refractivity contribution in [1.29, 1.82) is 0 Å². The molecule has 3 aromatic rings. The first-order valence-electron chi connectivity index (χ1n) is 11.0. The van der Waals surface area contributed by atoms with Gasteiger partial charge in [-0.05, 0) is 68.1 Å². The average molecular weight is 398 g/mol. The number of hydrogen-bond acceptors (Lipinski definition) is 4. The molecule has 0 unspecified atom stereocenters. The van der Waals surface area contributed by atoms with Crippen LogP contribution in [-0.2, 0) is 4.79 Å². The average Bonchev–Trinajstić information content (AvgIpc) is 2.79. The van der Waals surface area contributed by atoms with Gasteiger partial charge < -0.3 is 10.2 Å². The summed E-state index contributed by atoms with van der Waals surface area (Å²) in [6.45, 7) is 6.32. The van der Waals surface area contributed by atoms with Gasteiger partial charge in [-0.3, -0.25) is 9.78 Å². The number of anilines is 2. The Morgan fingerprint density at radius 3 is 2.60 bits per heavy atom. The van der Waals surface area contributed by atoms with Crippen LogP contribution in [0.25, 0.3) is 10.9 Å². The summed E-state index contributed by atoms with van der Waals surface area (Å²) >= 11 is 0. The summed E-state index contributed by atoms with van der Waals surface area (Å²) in [7, 11) is 0. The summed E-state index contributed by atoms with van der Waals surface area (Å²) in [4.78, 5) is 20.0. The number of fused-ring (bicyclic) bond motifs is 3. The molecule has 2 aliphatic rings. The molecule has 4 nitrogen and oxygen atoms in total. The molecule has 0 bridgehead atoms. The van der Waals surface area contributed by atoms with Gasteiger partial charge in [0.1, 0.15) is 0 Å². The fraction of sp³-hybridized carbons (Fsp3) is 0.308. The van der Waals surface area contributed by atoms with Crippen molar-refractivity contribution in [2.75, 3.05) is 23.3 Å². The molecule has 0 radical (unpaired) electrons. The number of nitrogens with one attached hydrogen (secondary N) is 1. The van der Waals surface area contributed by atoms with Crippen molar-refractivity contribution < 1.29 is 4.79 Å². The van der Waals surface area contributed by atoms with Crippen LogP contribution in [0.1, 0.15) is 50.2 Å². The minimum atomic E-state index is -0.0531. The number of hydrogen-bond donors (Lipinski definition) is 1. The highest BCUT2D eigenvalue weighted by Gasteiger charge is 2.36. The number of aromatic nitrogens is 1. The number of carbonyl (C=O) groups is 1. The fourth-order valence-electron chi connectivity index (χ4n) is 5.03. The van der Waals surface area contributed by atoms with Gasteiger partial charge in [0.15, 0.2) is 5.78 Å². The van der Waals surface area contributed by atoms with Gasteiger partial charge in [-0.25, -0.2) is 0 Å². The third kappa shape index (κ3) is 2.98. The van der Waals surface area contributed by atoms with Gasteiger partial charge in [-0.1, -0.05) is 18.2 Å². The summed E-state index contributed by atoms with van der Waals surface area (Å²) in [5.41, 5.74) is 7.68. The summed E-state index contributed by atoms with van der Waals surface area (Å²) in [5, 5.41) is 4.71. The molecule has 1 aromatic heterocycles. The number of ketones is 1. The molecule has 0 saturated carbocycles. The van der Waals surface area contributed by atoms with Crippen LogP contribution in [0.2, 0.25) is 0 Å². The van der Waals surface area contributed by atoms with E-state index in [0.717, 1.165) is 53.8 Å². The Bertz CT molecular complexity index is 1140. The molecule has 1 atom stereocenters. The molecule has 2 aromatic carbocycles. The zero-order valence-corrected chi connectivity index (χ0v) is 17.6. The molecule has 2 heterocycles. The number of Topliss-reactive ketones (excluding diaryl/α,β-unsaturated/α-hetero) is 1. The van der Waals surface area contributed by atoms with Gasteiger partial charge in [0.2, 0.25) is 0 Å². The lowest BCUT2D eigenvalue weighted by Crippen LogP contribution is -2.27. The molecule has 0 fully saturated rings. The lowest BCUT2D eigenvalue weighted by molar-refractivity contribution is -0.116. The third-order valence-electron chi connectivity index (χ3n) is 6.50. The topological polar surface area (TPSA) is 45.2 Å². The molecular formula is C26H27N3O. The second kappa shape index (κ2) is 7.60. The Hall–Kier alpha value is -3.14. The second-order valence-electron chi connectivity index (χ2n) is 8.09. The fourth-order valence-corrected chi connectivity index (χ4v) is 5.03. The Balaban J connectivity index is 1.71. The van der Waals surface area contributed by atoms with E-state index in [1.807, 2.05) is 12.3 Å². The van der Waals surface area contributed by atoms with E-state index < -0.39 is 0 Å². The first-order valence-corrected chi connectivity index (χ1v) is 11.0. The largest absolute Gasteiger partial charge is 0.372 e. The molecule has 4 heteroatoms. The Kier molecular flexibility index (Phi) is 4.78. The van der Waals surface area contributed by atoms with E-state index in [1.54, 1.807) is 0 Å². The molecule has 0 spiro atoms. The van der Waals surface area contributed by atoms with E-state index in [2.05, 4.69) is 71.5 Å². The normalized spacial score (nSPS) is 18.1. The van der Waals surface area contributed by atoms with Gasteiger partial charge in [-0.15, -0.1) is 0 Å². The van der Waals surface area contributed by atoms with Crippen LogP contribution in [0.4, 0.5) is 11.4 Å². The maximum atomic E-state index is 13.1. The molecule has 0 saturated heterocycles. The first-order chi connectivity index (χ1) is 14.7. The minimum absolute atomic E-state index is 0.0531. The van der Waals surface area contributed by atoms with Crippen LogP contribution in [0.15, 0.2) is 66.0 Å². The standard InChI is InChI=1S/C26H27N3O/c1-3-29(4-2)18-12-10-17(11-13-18)24-25-19-7-6-16-27-20(19)14-15-22(25)28-21-8-5-9-23(30)26(21)24/h6-7,10-16,24,28H,3-5,8-9H2,1-2H3/t24-/m1/s1. The molecular weight excluding hydrogens is 370 g/mol. The Morgan fingerprint density at radius 2 is 1.83 bits per heavy atom. The lowest BCUT2D eigenvalue weighted by Gasteiger charge is -2.35. The number of rotatable bonds is 4. The zero-order valence-electron chi connectivity index (χ0n) is 17.6. The van der Waals surface area contributed by atoms with Crippen LogP contribution < -0.4 is 10.2 Å². The molecule has 1 N–H and O–H groups in total. The minimum Gasteiger partial charge on any atom is -0.372 e. The summed E-state index contributed by atoms with van der Waals surface area (Å²) in [6.07, 6.45) is 4.31. The van der Waals surface area contributed by atoms with E-state index in [0.29, 0.717) is 6.42 Å². The van der Waals surface area contributed by atoms with Crippen molar-refractivity contribution in [3.63, 3.8) is 0 Å². The van der Waals surface area contributed by atoms with E-state index in [-0.39, 0.29) is 11.7 Å². The highest BCUT2D eigenvalue weighted by atomic mass is 16.1. The molecule has 1 aliphatic heterocycles. The highest BCUT2D eigenvalue weighted by molar-refractivity contribution is 6.03. The van der Waals surface area contributed by atoms with Gasteiger partial charge in [-0.2, -0.15) is 0 Å². The van der Waals surface area contributed by atoms with Crippen LogP contribution in [0, 0.1) is 0 Å². The van der Waals surface area contributed by atoms with Crippen LogP contribution in [-0.4, -0.2) is 23.9 Å². The smallest absolute Gasteiger partial charge is 0.161 e. The quantitative estimate of drug-likeness (QED) is 0.618. The number of carbonyl (C=O) groups excluding carboxylic acids is 1. The van der Waals surface area contributed by atoms with Gasteiger partial charge >= 0.3 is 0 Å². The highest BCUT2D eigenvalue weighted by Crippen LogP contribution is 2.47. The maximum absolute atomic E-state index is 13.1. The Morgan fingerprint density at radius 1 is 1.03 bits per heavy atom. The van der Waals surface area contributed by atoms with Gasteiger partial charge in [0.25, 0.3) is 0 Å². The summed E-state index contributed by atoms with van der Waals surface area (Å²) in [6, 6.07) is 17.1. The third-order valence-corrected chi connectivity index (χ3v) is 6.50. The van der Waals surface area contributed by atoms with E-state index in [4.69, 9.17) is 0 Å². The van der Waals surface area contributed by atoms with Crippen molar-refractivity contribution in [1.82, 2.24) is 4.98 Å². The molecule has 152 valence electrons. The second-order valence-corrected chi connectivity index (χ2v) is 8.09. The molecule has 0 amide bonds. The van der Waals surface area contributed by atoms with Crippen molar-refractivity contribution in [3.8, 4) is 0 Å². The molecule has 1 aliphatic carbocycles. The Labute approximate surface area is 177 Å². The predicted molar refractivity (Wildman–Crippen MR) is 123 cm³/mol. The summed E-state index contributed by atoms with van der Waals surface area (Å²) in [5.74, 6) is 0.218. The number of pyridine rings is 1. The molecule has 5 rings (SSSR count). The van der Waals surface area contributed by atoms with Crippen molar-refractivity contribution in [2.45, 2.75) is 39.0 Å². The predicted octanol–water partition coefficient (Wildman–Crippen LogP) is 5.65. The molecule has 30 heavy (non-hydrogen) atoms. The summed E-state index contributed by atoms with van der Waals surface area (Å²) < 4.78 is 0. The SMILES string of the molecule is CCN(CC)c1ccc([C@H]2C3=C(CCCC3=O)Nc3ccc4ncccc4c32)cc1. The zero-order chi connectivity index (χ0) is 20.7. The van der Waals surface area contributed by atoms with Crippen molar-refractivity contribution >= 4 is 28.1 Å². The van der Waals surface area contributed by atoms with E-state index >= 15 is 0 Å². The van der Waals surface area contributed by atoms with Crippen molar-refractivity contribution in [3.05, 3.63) is 77.1 Å². The van der Waals surface area contributed by atoms with Crippen LogP contribution >= 0.6 is 0 Å². The monoisotopic (exact) mass is 397 g/mol. The van der Waals surface area contributed by atoms with Gasteiger partial charge in [0.05, 0.1) is 5.52 Å². The van der Waals surface area contributed by atoms with E-state index in [9.17, 15) is 4.79 Å². The van der Waals surface area contributed by atoms with Gasteiger partial charge in [0, 0.05) is 59.7 Å². The number of benzene rings is 2. The first kappa shape index (κ1) is 18.9. The number of allylic oxidation sites excluding steroid dienone is 2. The lowest BCUT2D eigenvalue weighted by atomic mass is 9.74.